The molecule has 0 spiro atoms. The lowest BCUT2D eigenvalue weighted by atomic mass is 9.94. The Morgan fingerprint density at radius 3 is 2.52 bits per heavy atom. The van der Waals surface area contributed by atoms with Gasteiger partial charge in [0.2, 0.25) is 5.91 Å². The average Bonchev–Trinajstić information content (AvgIpc) is 2.63. The number of hydrogen-bond donors (Lipinski definition) is 3. The van der Waals surface area contributed by atoms with E-state index in [4.69, 9.17) is 14.6 Å². The van der Waals surface area contributed by atoms with Crippen molar-refractivity contribution in [3.8, 4) is 5.75 Å². The molecule has 2 aromatic carbocycles. The first-order valence-corrected chi connectivity index (χ1v) is 8.13. The van der Waals surface area contributed by atoms with Gasteiger partial charge in [0.15, 0.2) is 0 Å². The average molecular weight is 373 g/mol. The SMILES string of the molecule is COc1cc(F)cc(Nc2ccc(C3=NNC(=O)C[C@H]3C)cc2)c1.O=CO. The maximum absolute atomic E-state index is 13.5. The van der Waals surface area contributed by atoms with Gasteiger partial charge in [0.1, 0.15) is 11.6 Å². The number of carboxylic acid groups (broad SMARTS) is 1. The van der Waals surface area contributed by atoms with Crippen LogP contribution in [-0.4, -0.2) is 30.3 Å². The Bertz CT molecular complexity index is 837. The Kier molecular flexibility index (Phi) is 6.87. The number of methoxy groups -OCH3 is 1. The van der Waals surface area contributed by atoms with E-state index in [2.05, 4.69) is 15.8 Å². The molecule has 0 aliphatic carbocycles. The number of carbonyl (C=O) groups is 2. The highest BCUT2D eigenvalue weighted by atomic mass is 19.1. The van der Waals surface area contributed by atoms with Crippen molar-refractivity contribution >= 4 is 29.5 Å². The van der Waals surface area contributed by atoms with Crippen molar-refractivity contribution in [3.63, 3.8) is 0 Å². The van der Waals surface area contributed by atoms with Crippen molar-refractivity contribution < 1.29 is 23.8 Å². The molecule has 8 heteroatoms. The molecule has 2 aromatic rings. The molecule has 1 heterocycles. The van der Waals surface area contributed by atoms with E-state index in [-0.39, 0.29) is 24.1 Å². The maximum atomic E-state index is 13.5. The predicted molar refractivity (Wildman–Crippen MR) is 99.8 cm³/mol. The van der Waals surface area contributed by atoms with Crippen LogP contribution in [0.4, 0.5) is 15.8 Å². The number of anilines is 2. The first-order chi connectivity index (χ1) is 13.0. The van der Waals surface area contributed by atoms with Crippen LogP contribution in [0.3, 0.4) is 0 Å². The number of carbonyl (C=O) groups excluding carboxylic acids is 1. The molecule has 142 valence electrons. The maximum Gasteiger partial charge on any atom is 0.290 e. The normalized spacial score (nSPS) is 15.6. The third-order valence-electron chi connectivity index (χ3n) is 3.84. The Labute approximate surface area is 155 Å². The first-order valence-electron chi connectivity index (χ1n) is 8.13. The van der Waals surface area contributed by atoms with Crippen LogP contribution in [0, 0.1) is 11.7 Å². The highest BCUT2D eigenvalue weighted by molar-refractivity contribution is 6.05. The number of hydrogen-bond acceptors (Lipinski definition) is 5. The predicted octanol–water partition coefficient (Wildman–Crippen LogP) is 3.14. The van der Waals surface area contributed by atoms with E-state index < -0.39 is 0 Å². The van der Waals surface area contributed by atoms with Gasteiger partial charge in [0, 0.05) is 35.8 Å². The van der Waals surface area contributed by atoms with Gasteiger partial charge in [-0.05, 0) is 23.8 Å². The van der Waals surface area contributed by atoms with Crippen LogP contribution < -0.4 is 15.5 Å². The zero-order valence-electron chi connectivity index (χ0n) is 14.9. The molecule has 0 saturated heterocycles. The Morgan fingerprint density at radius 2 is 1.93 bits per heavy atom. The van der Waals surface area contributed by atoms with Crippen LogP contribution in [0.1, 0.15) is 18.9 Å². The molecule has 3 N–H and O–H groups in total. The van der Waals surface area contributed by atoms with Gasteiger partial charge in [0.05, 0.1) is 12.8 Å². The van der Waals surface area contributed by atoms with Gasteiger partial charge in [-0.15, -0.1) is 0 Å². The van der Waals surface area contributed by atoms with Crippen molar-refractivity contribution in [2.24, 2.45) is 11.0 Å². The van der Waals surface area contributed by atoms with Gasteiger partial charge in [-0.2, -0.15) is 5.10 Å². The smallest absolute Gasteiger partial charge is 0.290 e. The standard InChI is InChI=1S/C18H18FN3O2.CH2O2/c1-11-7-17(23)21-22-18(11)12-3-5-14(6-4-12)20-15-8-13(19)9-16(10-15)24-2;2-1-3/h3-6,8-11,20H,7H2,1-2H3,(H,21,23);1H,(H,2,3)/t11-;/m1./s1. The minimum Gasteiger partial charge on any atom is -0.497 e. The van der Waals surface area contributed by atoms with Gasteiger partial charge >= 0.3 is 0 Å². The molecule has 1 atom stereocenters. The number of nitrogens with zero attached hydrogens (tertiary/aromatic N) is 1. The van der Waals surface area contributed by atoms with E-state index >= 15 is 0 Å². The van der Waals surface area contributed by atoms with E-state index in [1.165, 1.54) is 19.2 Å². The van der Waals surface area contributed by atoms with E-state index in [0.717, 1.165) is 17.0 Å². The summed E-state index contributed by atoms with van der Waals surface area (Å²) in [7, 11) is 1.50. The summed E-state index contributed by atoms with van der Waals surface area (Å²) in [5.74, 6) is 0.0967. The zero-order chi connectivity index (χ0) is 19.8. The van der Waals surface area contributed by atoms with Crippen molar-refractivity contribution in [2.45, 2.75) is 13.3 Å². The van der Waals surface area contributed by atoms with E-state index in [1.807, 2.05) is 31.2 Å². The monoisotopic (exact) mass is 373 g/mol. The van der Waals surface area contributed by atoms with Gasteiger partial charge in [-0.3, -0.25) is 9.59 Å². The Balaban J connectivity index is 0.000000817. The van der Waals surface area contributed by atoms with Gasteiger partial charge < -0.3 is 15.2 Å². The van der Waals surface area contributed by atoms with Gasteiger partial charge in [-0.1, -0.05) is 19.1 Å². The minimum absolute atomic E-state index is 0.0652. The Morgan fingerprint density at radius 1 is 1.26 bits per heavy atom. The number of hydrazone groups is 1. The van der Waals surface area contributed by atoms with E-state index in [0.29, 0.717) is 17.9 Å². The molecule has 1 aliphatic heterocycles. The number of amides is 1. The second-order valence-corrected chi connectivity index (χ2v) is 5.82. The molecule has 0 fully saturated rings. The second kappa shape index (κ2) is 9.33. The van der Waals surface area contributed by atoms with E-state index in [9.17, 15) is 9.18 Å². The summed E-state index contributed by atoms with van der Waals surface area (Å²) < 4.78 is 18.6. The van der Waals surface area contributed by atoms with Crippen LogP contribution in [0.2, 0.25) is 0 Å². The number of nitrogens with one attached hydrogen (secondary N) is 2. The fraction of sp³-hybridized carbons (Fsp3) is 0.211. The third kappa shape index (κ3) is 5.53. The largest absolute Gasteiger partial charge is 0.497 e. The Hall–Kier alpha value is -3.42. The van der Waals surface area contributed by atoms with Crippen LogP contribution in [0.25, 0.3) is 0 Å². The fourth-order valence-electron chi connectivity index (χ4n) is 2.65. The molecular formula is C19H20FN3O4. The number of rotatable bonds is 4. The molecule has 0 unspecified atom stereocenters. The summed E-state index contributed by atoms with van der Waals surface area (Å²) in [4.78, 5) is 19.7. The van der Waals surface area contributed by atoms with Crippen molar-refractivity contribution in [1.29, 1.82) is 0 Å². The second-order valence-electron chi connectivity index (χ2n) is 5.82. The molecule has 0 aromatic heterocycles. The van der Waals surface area contributed by atoms with Gasteiger partial charge in [-0.25, -0.2) is 9.82 Å². The number of halogens is 1. The summed E-state index contributed by atoms with van der Waals surface area (Å²) in [6.45, 7) is 1.72. The summed E-state index contributed by atoms with van der Waals surface area (Å²) in [6, 6.07) is 12.1. The van der Waals surface area contributed by atoms with Crippen LogP contribution in [0.15, 0.2) is 47.6 Å². The van der Waals surface area contributed by atoms with Crippen molar-refractivity contribution in [1.82, 2.24) is 5.43 Å². The van der Waals surface area contributed by atoms with Crippen LogP contribution in [-0.2, 0) is 9.59 Å². The molecule has 1 amide bonds. The molecule has 7 nitrogen and oxygen atoms in total. The minimum atomic E-state index is -0.366. The van der Waals surface area contributed by atoms with Crippen LogP contribution >= 0.6 is 0 Å². The summed E-state index contributed by atoms with van der Waals surface area (Å²) in [5, 5.41) is 14.2. The van der Waals surface area contributed by atoms with Crippen molar-refractivity contribution in [2.75, 3.05) is 12.4 Å². The number of benzene rings is 2. The number of ether oxygens (including phenoxy) is 1. The van der Waals surface area contributed by atoms with E-state index in [1.54, 1.807) is 6.07 Å². The quantitative estimate of drug-likeness (QED) is 0.715. The third-order valence-corrected chi connectivity index (χ3v) is 3.84. The van der Waals surface area contributed by atoms with Gasteiger partial charge in [0.25, 0.3) is 6.47 Å². The summed E-state index contributed by atoms with van der Waals surface area (Å²) >= 11 is 0. The zero-order valence-corrected chi connectivity index (χ0v) is 14.9. The fourth-order valence-corrected chi connectivity index (χ4v) is 2.65. The highest BCUT2D eigenvalue weighted by Gasteiger charge is 2.21. The molecular weight excluding hydrogens is 353 g/mol. The lowest BCUT2D eigenvalue weighted by Gasteiger charge is -2.19. The molecule has 3 rings (SSSR count). The topological polar surface area (TPSA) is 100 Å². The molecule has 0 saturated carbocycles. The van der Waals surface area contributed by atoms with Crippen molar-refractivity contribution in [3.05, 3.63) is 53.8 Å². The molecule has 1 aliphatic rings. The summed E-state index contributed by atoms with van der Waals surface area (Å²) in [6.07, 6.45) is 0.432. The molecule has 27 heavy (non-hydrogen) atoms. The summed E-state index contributed by atoms with van der Waals surface area (Å²) in [5.41, 5.74) is 5.74. The lowest BCUT2D eigenvalue weighted by Crippen LogP contribution is -2.31. The lowest BCUT2D eigenvalue weighted by molar-refractivity contribution is -0.123. The first kappa shape index (κ1) is 19.9. The van der Waals surface area contributed by atoms with Crippen LogP contribution in [0.5, 0.6) is 5.75 Å². The molecule has 0 bridgehead atoms. The highest BCUT2D eigenvalue weighted by Crippen LogP contribution is 2.24. The molecule has 0 radical (unpaired) electrons.